The van der Waals surface area contributed by atoms with Crippen LogP contribution in [0.1, 0.15) is 39.7 Å². The third kappa shape index (κ3) is 9.87. The van der Waals surface area contributed by atoms with Crippen molar-refractivity contribution in [2.24, 2.45) is 0 Å². The molecule has 2 N–H and O–H groups in total. The minimum atomic E-state index is -0.541. The molecule has 41 heavy (non-hydrogen) atoms. The Kier molecular flexibility index (Phi) is 12.2. The van der Waals surface area contributed by atoms with Gasteiger partial charge in [0.05, 0.1) is 16.2 Å². The van der Waals surface area contributed by atoms with Crippen molar-refractivity contribution in [1.82, 2.24) is 20.7 Å². The average molecular weight is 612 g/mol. The lowest BCUT2D eigenvalue weighted by Crippen LogP contribution is -2.62. The third-order valence-electron chi connectivity index (χ3n) is 6.79. The first-order chi connectivity index (χ1) is 19.4. The van der Waals surface area contributed by atoms with Crippen molar-refractivity contribution in [3.63, 3.8) is 0 Å². The molecule has 2 heterocycles. The van der Waals surface area contributed by atoms with E-state index in [-0.39, 0.29) is 46.6 Å². The SMILES string of the molecule is CC(=O)OC(C)C1CNCCN1NC(=O)C(C)SCC1CC(SC(C)=O)CN1C(=O)OCc1ccc([N+](=O)[O-])cc1. The van der Waals surface area contributed by atoms with Crippen LogP contribution >= 0.6 is 23.5 Å². The van der Waals surface area contributed by atoms with Crippen LogP contribution < -0.4 is 10.7 Å². The van der Waals surface area contributed by atoms with Gasteiger partial charge >= 0.3 is 12.1 Å². The van der Waals surface area contributed by atoms with Gasteiger partial charge in [0.25, 0.3) is 5.69 Å². The van der Waals surface area contributed by atoms with Crippen molar-refractivity contribution in [3.8, 4) is 0 Å². The lowest BCUT2D eigenvalue weighted by molar-refractivity contribution is -0.384. The van der Waals surface area contributed by atoms with Crippen molar-refractivity contribution in [1.29, 1.82) is 0 Å². The Bertz CT molecular complexity index is 1110. The summed E-state index contributed by atoms with van der Waals surface area (Å²) in [7, 11) is 0. The van der Waals surface area contributed by atoms with Crippen LogP contribution in [0.3, 0.4) is 0 Å². The number of hydrazine groups is 1. The first kappa shape index (κ1) is 32.6. The van der Waals surface area contributed by atoms with Crippen LogP contribution in [0.25, 0.3) is 0 Å². The topological polar surface area (TPSA) is 160 Å². The molecule has 1 aromatic carbocycles. The minimum Gasteiger partial charge on any atom is -0.461 e. The predicted molar refractivity (Wildman–Crippen MR) is 155 cm³/mol. The van der Waals surface area contributed by atoms with Gasteiger partial charge in [-0.25, -0.2) is 9.80 Å². The second-order valence-electron chi connectivity index (χ2n) is 9.98. The van der Waals surface area contributed by atoms with Gasteiger partial charge in [-0.1, -0.05) is 11.8 Å². The van der Waals surface area contributed by atoms with E-state index in [2.05, 4.69) is 10.7 Å². The maximum atomic E-state index is 13.1. The van der Waals surface area contributed by atoms with Crippen molar-refractivity contribution < 1.29 is 33.6 Å². The van der Waals surface area contributed by atoms with Gasteiger partial charge in [0.15, 0.2) is 5.12 Å². The molecular formula is C26H37N5O8S2. The molecule has 1 aromatic rings. The fourth-order valence-electron chi connectivity index (χ4n) is 4.70. The van der Waals surface area contributed by atoms with E-state index in [1.54, 1.807) is 23.8 Å². The number of benzene rings is 1. The Morgan fingerprint density at radius 2 is 1.90 bits per heavy atom. The molecule has 3 rings (SSSR count). The number of hydrogen-bond donors (Lipinski definition) is 2. The van der Waals surface area contributed by atoms with Gasteiger partial charge in [0.2, 0.25) is 5.91 Å². The largest absolute Gasteiger partial charge is 0.461 e. The first-order valence-electron chi connectivity index (χ1n) is 13.3. The van der Waals surface area contributed by atoms with Crippen LogP contribution in [0.2, 0.25) is 0 Å². The fraction of sp³-hybridized carbons (Fsp3) is 0.615. The summed E-state index contributed by atoms with van der Waals surface area (Å²) >= 11 is 2.59. The van der Waals surface area contributed by atoms with E-state index in [9.17, 15) is 29.3 Å². The highest BCUT2D eigenvalue weighted by Gasteiger charge is 2.38. The number of piperazine rings is 1. The Hall–Kier alpha value is -2.88. The molecule has 5 unspecified atom stereocenters. The number of rotatable bonds is 11. The van der Waals surface area contributed by atoms with Gasteiger partial charge in [-0.3, -0.25) is 29.9 Å². The Balaban J connectivity index is 1.56. The van der Waals surface area contributed by atoms with Crippen LogP contribution in [0.5, 0.6) is 0 Å². The Labute approximate surface area is 247 Å². The molecule has 2 saturated heterocycles. The maximum absolute atomic E-state index is 13.1. The zero-order chi connectivity index (χ0) is 30.1. The van der Waals surface area contributed by atoms with Gasteiger partial charge in [-0.2, -0.15) is 0 Å². The number of likely N-dealkylation sites (tertiary alicyclic amines) is 1. The molecule has 0 aliphatic carbocycles. The molecule has 226 valence electrons. The molecule has 0 saturated carbocycles. The molecule has 0 spiro atoms. The molecule has 2 aliphatic heterocycles. The van der Waals surface area contributed by atoms with Crippen LogP contribution in [0, 0.1) is 10.1 Å². The normalized spacial score (nSPS) is 22.4. The second kappa shape index (κ2) is 15.4. The minimum absolute atomic E-state index is 0.0381. The smallest absolute Gasteiger partial charge is 0.410 e. The second-order valence-corrected chi connectivity index (χ2v) is 12.8. The number of carbonyl (C=O) groups is 4. The van der Waals surface area contributed by atoms with E-state index < -0.39 is 22.4 Å². The lowest BCUT2D eigenvalue weighted by atomic mass is 10.1. The zero-order valence-electron chi connectivity index (χ0n) is 23.6. The van der Waals surface area contributed by atoms with Gasteiger partial charge in [-0.15, -0.1) is 11.8 Å². The van der Waals surface area contributed by atoms with Crippen LogP contribution in [0.4, 0.5) is 10.5 Å². The van der Waals surface area contributed by atoms with E-state index in [1.807, 2.05) is 0 Å². The molecular weight excluding hydrogens is 574 g/mol. The summed E-state index contributed by atoms with van der Waals surface area (Å²) in [6.45, 7) is 8.51. The molecule has 0 radical (unpaired) electrons. The van der Waals surface area contributed by atoms with Gasteiger partial charge < -0.3 is 19.7 Å². The quantitative estimate of drug-likeness (QED) is 0.214. The first-order valence-corrected chi connectivity index (χ1v) is 15.3. The molecule has 2 amide bonds. The number of ether oxygens (including phenoxy) is 2. The molecule has 5 atom stereocenters. The molecule has 0 bridgehead atoms. The highest BCUT2D eigenvalue weighted by Crippen LogP contribution is 2.31. The summed E-state index contributed by atoms with van der Waals surface area (Å²) in [6, 6.07) is 5.32. The van der Waals surface area contributed by atoms with Crippen LogP contribution in [-0.2, 0) is 30.5 Å². The molecule has 0 aromatic heterocycles. The zero-order valence-corrected chi connectivity index (χ0v) is 25.2. The summed E-state index contributed by atoms with van der Waals surface area (Å²) in [6.07, 6.45) is -0.373. The van der Waals surface area contributed by atoms with Crippen molar-refractivity contribution >= 4 is 52.3 Å². The van der Waals surface area contributed by atoms with Gasteiger partial charge in [0, 0.05) is 69.2 Å². The van der Waals surface area contributed by atoms with E-state index >= 15 is 0 Å². The van der Waals surface area contributed by atoms with Crippen molar-refractivity contribution in [2.75, 3.05) is 31.9 Å². The number of esters is 1. The monoisotopic (exact) mass is 611 g/mol. The maximum Gasteiger partial charge on any atom is 0.410 e. The summed E-state index contributed by atoms with van der Waals surface area (Å²) in [5.41, 5.74) is 3.53. The van der Waals surface area contributed by atoms with Crippen LogP contribution in [0.15, 0.2) is 24.3 Å². The number of nitrogens with zero attached hydrogens (tertiary/aromatic N) is 3. The molecule has 13 nitrogen and oxygen atoms in total. The molecule has 2 aliphatic rings. The lowest BCUT2D eigenvalue weighted by Gasteiger charge is -2.39. The van der Waals surface area contributed by atoms with E-state index in [0.29, 0.717) is 43.9 Å². The summed E-state index contributed by atoms with van der Waals surface area (Å²) in [5.74, 6) is -0.117. The number of nitro groups is 1. The number of carbonyl (C=O) groups excluding carboxylic acids is 4. The number of nitro benzene ring substituents is 1. The Morgan fingerprint density at radius 1 is 1.20 bits per heavy atom. The molecule has 2 fully saturated rings. The fourth-order valence-corrected chi connectivity index (χ4v) is 6.76. The van der Waals surface area contributed by atoms with Gasteiger partial charge in [-0.05, 0) is 38.0 Å². The predicted octanol–water partition coefficient (Wildman–Crippen LogP) is 2.33. The average Bonchev–Trinajstić information content (AvgIpc) is 3.32. The van der Waals surface area contributed by atoms with Gasteiger partial charge in [0.1, 0.15) is 12.7 Å². The summed E-state index contributed by atoms with van der Waals surface area (Å²) < 4.78 is 10.8. The Morgan fingerprint density at radius 3 is 2.54 bits per heavy atom. The number of hydrogen-bond acceptors (Lipinski definition) is 12. The summed E-state index contributed by atoms with van der Waals surface area (Å²) in [5, 5.41) is 15.4. The van der Waals surface area contributed by atoms with E-state index in [0.717, 1.165) is 0 Å². The van der Waals surface area contributed by atoms with Crippen molar-refractivity contribution in [2.45, 2.75) is 69.4 Å². The number of thioether (sulfide) groups is 2. The van der Waals surface area contributed by atoms with E-state index in [4.69, 9.17) is 9.47 Å². The standard InChI is InChI=1S/C26H37N5O8S2/c1-16(39-18(3)32)24-12-27-9-10-30(24)28-25(34)17(2)40-15-22-11-23(41-19(4)33)13-29(22)26(35)38-14-20-5-7-21(8-6-20)31(36)37/h5-8,16-17,22-24,27H,9-15H2,1-4H3,(H,28,34). The van der Waals surface area contributed by atoms with Crippen LogP contribution in [-0.4, -0.2) is 98.5 Å². The third-order valence-corrected chi connectivity index (χ3v) is 9.09. The highest BCUT2D eigenvalue weighted by molar-refractivity contribution is 8.14. The molecule has 15 heteroatoms. The highest BCUT2D eigenvalue weighted by atomic mass is 32.2. The number of nitrogens with one attached hydrogen (secondary N) is 2. The number of amides is 2. The van der Waals surface area contributed by atoms with Crippen molar-refractivity contribution in [3.05, 3.63) is 39.9 Å². The van der Waals surface area contributed by atoms with E-state index in [1.165, 1.54) is 61.6 Å². The summed E-state index contributed by atoms with van der Waals surface area (Å²) in [4.78, 5) is 61.2. The number of non-ortho nitro benzene ring substituents is 1.